The van der Waals surface area contributed by atoms with Crippen LogP contribution < -0.4 is 15.4 Å². The number of nitrogens with one attached hydrogen (secondary N) is 2. The van der Waals surface area contributed by atoms with Crippen molar-refractivity contribution in [2.75, 3.05) is 7.11 Å². The van der Waals surface area contributed by atoms with Crippen molar-refractivity contribution in [3.8, 4) is 5.75 Å². The van der Waals surface area contributed by atoms with E-state index in [-0.39, 0.29) is 18.7 Å². The molecule has 2 aromatic carbocycles. The maximum Gasteiger partial charge on any atom is 0.315 e. The van der Waals surface area contributed by atoms with Crippen LogP contribution in [0.3, 0.4) is 0 Å². The zero-order valence-electron chi connectivity index (χ0n) is 12.0. The number of urea groups is 1. The van der Waals surface area contributed by atoms with Gasteiger partial charge in [0, 0.05) is 24.2 Å². The van der Waals surface area contributed by atoms with Crippen molar-refractivity contribution in [1.29, 1.82) is 0 Å². The predicted octanol–water partition coefficient (Wildman–Crippen LogP) is 2.97. The lowest BCUT2D eigenvalue weighted by Crippen LogP contribution is -2.34. The van der Waals surface area contributed by atoms with Gasteiger partial charge in [0.2, 0.25) is 0 Å². The van der Waals surface area contributed by atoms with Gasteiger partial charge in [-0.25, -0.2) is 13.6 Å². The molecular formula is C16H16F2N2O2. The summed E-state index contributed by atoms with van der Waals surface area (Å²) in [5.41, 5.74) is 0.907. The number of rotatable bonds is 5. The van der Waals surface area contributed by atoms with Gasteiger partial charge in [-0.1, -0.05) is 18.2 Å². The van der Waals surface area contributed by atoms with E-state index < -0.39 is 17.7 Å². The molecule has 2 rings (SSSR count). The highest BCUT2D eigenvalue weighted by atomic mass is 19.1. The van der Waals surface area contributed by atoms with E-state index in [2.05, 4.69) is 10.6 Å². The largest absolute Gasteiger partial charge is 0.496 e. The molecule has 0 atom stereocenters. The second-order valence-corrected chi connectivity index (χ2v) is 4.58. The topological polar surface area (TPSA) is 50.4 Å². The average Bonchev–Trinajstić information content (AvgIpc) is 2.54. The first kappa shape index (κ1) is 15.8. The second-order valence-electron chi connectivity index (χ2n) is 4.58. The van der Waals surface area contributed by atoms with E-state index in [0.29, 0.717) is 5.75 Å². The molecule has 2 amide bonds. The molecular weight excluding hydrogens is 290 g/mol. The van der Waals surface area contributed by atoms with Gasteiger partial charge in [0.15, 0.2) is 0 Å². The van der Waals surface area contributed by atoms with E-state index in [9.17, 15) is 13.6 Å². The quantitative estimate of drug-likeness (QED) is 0.892. The number of halogens is 2. The van der Waals surface area contributed by atoms with Crippen molar-refractivity contribution in [3.05, 3.63) is 65.2 Å². The van der Waals surface area contributed by atoms with E-state index in [4.69, 9.17) is 4.74 Å². The molecule has 0 aliphatic heterocycles. The standard InChI is InChI=1S/C16H16F2N2O2/c1-22-15-5-3-2-4-11(15)9-19-16(21)20-10-12-8-13(17)6-7-14(12)18/h2-8H,9-10H2,1H3,(H2,19,20,21). The fraction of sp³-hybridized carbons (Fsp3) is 0.188. The predicted molar refractivity (Wildman–Crippen MR) is 78.4 cm³/mol. The van der Waals surface area contributed by atoms with E-state index in [1.54, 1.807) is 13.2 Å². The number of benzene rings is 2. The smallest absolute Gasteiger partial charge is 0.315 e. The number of para-hydroxylation sites is 1. The number of methoxy groups -OCH3 is 1. The molecule has 2 N–H and O–H groups in total. The van der Waals surface area contributed by atoms with Crippen molar-refractivity contribution in [3.63, 3.8) is 0 Å². The van der Waals surface area contributed by atoms with Crippen LogP contribution in [0.2, 0.25) is 0 Å². The van der Waals surface area contributed by atoms with E-state index in [1.807, 2.05) is 18.2 Å². The number of hydrogen-bond donors (Lipinski definition) is 2. The minimum Gasteiger partial charge on any atom is -0.496 e. The first-order valence-electron chi connectivity index (χ1n) is 6.67. The van der Waals surface area contributed by atoms with Crippen molar-refractivity contribution < 1.29 is 18.3 Å². The molecule has 0 spiro atoms. The Morgan fingerprint density at radius 2 is 1.73 bits per heavy atom. The molecule has 2 aromatic rings. The fourth-order valence-electron chi connectivity index (χ4n) is 1.94. The van der Waals surface area contributed by atoms with Gasteiger partial charge in [0.05, 0.1) is 7.11 Å². The molecule has 0 radical (unpaired) electrons. The third kappa shape index (κ3) is 4.18. The third-order valence-electron chi connectivity index (χ3n) is 3.08. The van der Waals surface area contributed by atoms with Crippen LogP contribution in [0, 0.1) is 11.6 Å². The average molecular weight is 306 g/mol. The van der Waals surface area contributed by atoms with Gasteiger partial charge in [-0.2, -0.15) is 0 Å². The van der Waals surface area contributed by atoms with Gasteiger partial charge in [-0.05, 0) is 24.3 Å². The van der Waals surface area contributed by atoms with Gasteiger partial charge in [-0.15, -0.1) is 0 Å². The Morgan fingerprint density at radius 1 is 1.05 bits per heavy atom. The summed E-state index contributed by atoms with van der Waals surface area (Å²) in [6.07, 6.45) is 0. The Labute approximate surface area is 127 Å². The second kappa shape index (κ2) is 7.40. The molecule has 0 bridgehead atoms. The Kier molecular flexibility index (Phi) is 5.30. The molecule has 0 unspecified atom stereocenters. The fourth-order valence-corrected chi connectivity index (χ4v) is 1.94. The van der Waals surface area contributed by atoms with Gasteiger partial charge < -0.3 is 15.4 Å². The molecule has 22 heavy (non-hydrogen) atoms. The highest BCUT2D eigenvalue weighted by Crippen LogP contribution is 2.16. The van der Waals surface area contributed by atoms with E-state index in [0.717, 1.165) is 23.8 Å². The lowest BCUT2D eigenvalue weighted by Gasteiger charge is -2.11. The lowest BCUT2D eigenvalue weighted by atomic mass is 10.2. The normalized spacial score (nSPS) is 10.1. The minimum atomic E-state index is -0.563. The molecule has 4 nitrogen and oxygen atoms in total. The highest BCUT2D eigenvalue weighted by Gasteiger charge is 2.07. The third-order valence-corrected chi connectivity index (χ3v) is 3.08. The van der Waals surface area contributed by atoms with Crippen LogP contribution in [-0.4, -0.2) is 13.1 Å². The summed E-state index contributed by atoms with van der Waals surface area (Å²) in [4.78, 5) is 11.7. The molecule has 0 aromatic heterocycles. The minimum absolute atomic E-state index is 0.0902. The number of amides is 2. The zero-order chi connectivity index (χ0) is 15.9. The van der Waals surface area contributed by atoms with Crippen LogP contribution in [0.15, 0.2) is 42.5 Å². The van der Waals surface area contributed by atoms with Gasteiger partial charge in [0.1, 0.15) is 17.4 Å². The molecule has 116 valence electrons. The van der Waals surface area contributed by atoms with Crippen molar-refractivity contribution in [2.45, 2.75) is 13.1 Å². The van der Waals surface area contributed by atoms with E-state index >= 15 is 0 Å². The molecule has 0 saturated heterocycles. The van der Waals surface area contributed by atoms with Crippen molar-refractivity contribution >= 4 is 6.03 Å². The number of carbonyl (C=O) groups excluding carboxylic acids is 1. The molecule has 6 heteroatoms. The van der Waals surface area contributed by atoms with Gasteiger partial charge in [-0.3, -0.25) is 0 Å². The van der Waals surface area contributed by atoms with Crippen LogP contribution in [0.5, 0.6) is 5.75 Å². The molecule has 0 aliphatic carbocycles. The zero-order valence-corrected chi connectivity index (χ0v) is 12.0. The monoisotopic (exact) mass is 306 g/mol. The Balaban J connectivity index is 1.87. The summed E-state index contributed by atoms with van der Waals surface area (Å²) >= 11 is 0. The van der Waals surface area contributed by atoms with Crippen LogP contribution in [0.4, 0.5) is 13.6 Å². The van der Waals surface area contributed by atoms with Gasteiger partial charge in [0.25, 0.3) is 0 Å². The summed E-state index contributed by atoms with van der Waals surface area (Å²) in [6.45, 7) is 0.169. The van der Waals surface area contributed by atoms with Crippen LogP contribution in [0.1, 0.15) is 11.1 Å². The number of hydrogen-bond acceptors (Lipinski definition) is 2. The van der Waals surface area contributed by atoms with Crippen LogP contribution >= 0.6 is 0 Å². The van der Waals surface area contributed by atoms with Crippen molar-refractivity contribution in [1.82, 2.24) is 10.6 Å². The summed E-state index contributed by atoms with van der Waals surface area (Å²) in [7, 11) is 1.55. The SMILES string of the molecule is COc1ccccc1CNC(=O)NCc1cc(F)ccc1F. The highest BCUT2D eigenvalue weighted by molar-refractivity contribution is 5.73. The van der Waals surface area contributed by atoms with Crippen LogP contribution in [0.25, 0.3) is 0 Å². The Hall–Kier alpha value is -2.63. The molecule has 0 aliphatic rings. The molecule has 0 saturated carbocycles. The Bertz CT molecular complexity index is 662. The first-order valence-corrected chi connectivity index (χ1v) is 6.67. The lowest BCUT2D eigenvalue weighted by molar-refractivity contribution is 0.240. The maximum absolute atomic E-state index is 13.4. The molecule has 0 fully saturated rings. The maximum atomic E-state index is 13.4. The summed E-state index contributed by atoms with van der Waals surface area (Å²) in [5, 5.41) is 5.11. The number of carbonyl (C=O) groups is 1. The summed E-state index contributed by atoms with van der Waals surface area (Å²) < 4.78 is 31.6. The number of ether oxygens (including phenoxy) is 1. The molecule has 0 heterocycles. The summed E-state index contributed by atoms with van der Waals surface area (Å²) in [6, 6.07) is 9.90. The van der Waals surface area contributed by atoms with E-state index in [1.165, 1.54) is 0 Å². The van der Waals surface area contributed by atoms with Crippen LogP contribution in [-0.2, 0) is 13.1 Å². The Morgan fingerprint density at radius 3 is 2.45 bits per heavy atom. The summed E-state index contributed by atoms with van der Waals surface area (Å²) in [5.74, 6) is -0.446. The van der Waals surface area contributed by atoms with Crippen molar-refractivity contribution in [2.24, 2.45) is 0 Å². The first-order chi connectivity index (χ1) is 10.6. The van der Waals surface area contributed by atoms with Gasteiger partial charge >= 0.3 is 6.03 Å².